The minimum atomic E-state index is -0.600. The molecule has 198 valence electrons. The van der Waals surface area contributed by atoms with Crippen LogP contribution in [0.25, 0.3) is 11.3 Å². The summed E-state index contributed by atoms with van der Waals surface area (Å²) in [6.07, 6.45) is 5.79. The van der Waals surface area contributed by atoms with E-state index in [1.807, 2.05) is 18.2 Å². The summed E-state index contributed by atoms with van der Waals surface area (Å²) in [6, 6.07) is 10.8. The van der Waals surface area contributed by atoms with E-state index in [0.717, 1.165) is 24.8 Å². The average molecular weight is 518 g/mol. The second kappa shape index (κ2) is 11.1. The van der Waals surface area contributed by atoms with Crippen LogP contribution in [0.4, 0.5) is 16.2 Å². The minimum absolute atomic E-state index is 0.125. The molecular formula is C28H33N6O4+. The van der Waals surface area contributed by atoms with Crippen molar-refractivity contribution in [1.82, 2.24) is 15.3 Å². The maximum Gasteiger partial charge on any atom is 0.411 e. The normalized spacial score (nSPS) is 17.3. The number of carbonyl (C=O) groups excluding carboxylic acids is 3. The van der Waals surface area contributed by atoms with Crippen LogP contribution in [0.1, 0.15) is 77.8 Å². The number of hydrogen-bond acceptors (Lipinski definition) is 5. The van der Waals surface area contributed by atoms with E-state index in [9.17, 15) is 14.4 Å². The number of fused-ring (bicyclic) bond motifs is 4. The highest BCUT2D eigenvalue weighted by molar-refractivity contribution is 5.97. The number of imidazole rings is 1. The standard InChI is InChI=1S/C28H32N6O4/c1-38-28(37)31-19-10-11-20-23(13-19)32-25(35)5-3-2-4-22(26-30-15-24(20)33-26)34-27(36)17-8-9-18(14-29)21(12-17)16-6-7-16/h8-13,15-16,22H,2-7,14,29H2,1H3,(H,30,33)(H,31,37)(H,32,35)(H,34,36)/p+1/t22-/m0/s1. The molecule has 1 aromatic heterocycles. The number of amides is 3. The zero-order valence-corrected chi connectivity index (χ0v) is 21.4. The quantitative estimate of drug-likeness (QED) is 0.348. The van der Waals surface area contributed by atoms with Crippen LogP contribution in [-0.2, 0) is 16.1 Å². The summed E-state index contributed by atoms with van der Waals surface area (Å²) in [6.45, 7) is 0.709. The van der Waals surface area contributed by atoms with Crippen LogP contribution in [-0.4, -0.2) is 35.0 Å². The number of quaternary nitrogens is 1. The van der Waals surface area contributed by atoms with Crippen LogP contribution in [0.3, 0.4) is 0 Å². The van der Waals surface area contributed by atoms with Crippen LogP contribution < -0.4 is 21.7 Å². The SMILES string of the molecule is COC(=O)Nc1ccc2c(c1)NC(=O)CCCC[C@H](NC(=O)c1ccc(C[NH3+])c(C3CC3)c1)c1ncc-2[nH]1. The molecule has 10 heteroatoms. The third-order valence-corrected chi connectivity index (χ3v) is 7.09. The van der Waals surface area contributed by atoms with Crippen LogP contribution in [0.5, 0.6) is 0 Å². The molecule has 0 unspecified atom stereocenters. The fraction of sp³-hybridized carbons (Fsp3) is 0.357. The monoisotopic (exact) mass is 517 g/mol. The first-order chi connectivity index (χ1) is 18.4. The highest BCUT2D eigenvalue weighted by Gasteiger charge is 2.28. The zero-order chi connectivity index (χ0) is 26.6. The lowest BCUT2D eigenvalue weighted by Crippen LogP contribution is -2.47. The molecule has 38 heavy (non-hydrogen) atoms. The van der Waals surface area contributed by atoms with E-state index < -0.39 is 6.09 Å². The molecule has 1 fully saturated rings. The van der Waals surface area contributed by atoms with Crippen LogP contribution in [0.2, 0.25) is 0 Å². The number of ether oxygens (including phenoxy) is 1. The molecule has 3 aromatic rings. The summed E-state index contributed by atoms with van der Waals surface area (Å²) in [5.41, 5.74) is 9.54. The molecular weight excluding hydrogens is 484 g/mol. The second-order valence-corrected chi connectivity index (χ2v) is 9.82. The van der Waals surface area contributed by atoms with Gasteiger partial charge < -0.3 is 26.1 Å². The first-order valence-electron chi connectivity index (χ1n) is 13.0. The first kappa shape index (κ1) is 25.5. The Balaban J connectivity index is 1.42. The number of benzene rings is 2. The number of carbonyl (C=O) groups is 3. The molecule has 1 atom stereocenters. The van der Waals surface area contributed by atoms with Gasteiger partial charge in [0.25, 0.3) is 5.91 Å². The Kier molecular flexibility index (Phi) is 7.41. The molecule has 1 aliphatic carbocycles. The summed E-state index contributed by atoms with van der Waals surface area (Å²) in [5.74, 6) is 0.914. The maximum absolute atomic E-state index is 13.3. The Morgan fingerprint density at radius 1 is 1.13 bits per heavy atom. The molecule has 2 bridgehead atoms. The third-order valence-electron chi connectivity index (χ3n) is 7.09. The van der Waals surface area contributed by atoms with E-state index >= 15 is 0 Å². The van der Waals surface area contributed by atoms with Crippen molar-refractivity contribution in [2.24, 2.45) is 0 Å². The molecule has 7 N–H and O–H groups in total. The first-order valence-corrected chi connectivity index (χ1v) is 13.0. The van der Waals surface area contributed by atoms with E-state index in [0.29, 0.717) is 60.2 Å². The second-order valence-electron chi connectivity index (χ2n) is 9.82. The van der Waals surface area contributed by atoms with Gasteiger partial charge in [-0.1, -0.05) is 12.5 Å². The molecule has 1 saturated carbocycles. The number of rotatable bonds is 5. The highest BCUT2D eigenvalue weighted by Crippen LogP contribution is 2.42. The van der Waals surface area contributed by atoms with Crippen molar-refractivity contribution in [3.63, 3.8) is 0 Å². The van der Waals surface area contributed by atoms with E-state index in [4.69, 9.17) is 0 Å². The van der Waals surface area contributed by atoms with Gasteiger partial charge in [0.1, 0.15) is 5.82 Å². The third kappa shape index (κ3) is 5.70. The number of nitrogens with one attached hydrogen (secondary N) is 4. The lowest BCUT2D eigenvalue weighted by molar-refractivity contribution is -0.386. The van der Waals surface area contributed by atoms with E-state index in [-0.39, 0.29) is 17.9 Å². The molecule has 1 aliphatic heterocycles. The fourth-order valence-corrected chi connectivity index (χ4v) is 4.88. The van der Waals surface area contributed by atoms with Gasteiger partial charge in [-0.3, -0.25) is 14.9 Å². The van der Waals surface area contributed by atoms with Crippen LogP contribution in [0, 0.1) is 0 Å². The predicted molar refractivity (Wildman–Crippen MR) is 142 cm³/mol. The minimum Gasteiger partial charge on any atom is -0.453 e. The van der Waals surface area contributed by atoms with Crippen molar-refractivity contribution in [2.75, 3.05) is 17.7 Å². The number of aromatic nitrogens is 2. The van der Waals surface area contributed by atoms with Crippen molar-refractivity contribution in [2.45, 2.75) is 57.0 Å². The smallest absolute Gasteiger partial charge is 0.411 e. The van der Waals surface area contributed by atoms with Gasteiger partial charge in [-0.25, -0.2) is 9.78 Å². The van der Waals surface area contributed by atoms with Crippen LogP contribution in [0.15, 0.2) is 42.6 Å². The van der Waals surface area contributed by atoms with E-state index in [1.54, 1.807) is 24.4 Å². The molecule has 10 nitrogen and oxygen atoms in total. The maximum atomic E-state index is 13.3. The van der Waals surface area contributed by atoms with Gasteiger partial charge in [0.2, 0.25) is 5.91 Å². The summed E-state index contributed by atoms with van der Waals surface area (Å²) in [5, 5.41) is 8.74. The lowest BCUT2D eigenvalue weighted by Gasteiger charge is -2.19. The summed E-state index contributed by atoms with van der Waals surface area (Å²) in [7, 11) is 1.29. The summed E-state index contributed by atoms with van der Waals surface area (Å²) < 4.78 is 4.67. The molecule has 2 heterocycles. The topological polar surface area (TPSA) is 153 Å². The van der Waals surface area contributed by atoms with Crippen molar-refractivity contribution in [3.05, 3.63) is 65.1 Å². The molecule has 0 saturated heterocycles. The molecule has 3 amide bonds. The Hall–Kier alpha value is -4.18. The number of methoxy groups -OCH3 is 1. The Labute approximate surface area is 220 Å². The van der Waals surface area contributed by atoms with E-state index in [1.165, 1.54) is 18.2 Å². The van der Waals surface area contributed by atoms with Gasteiger partial charge in [-0.15, -0.1) is 0 Å². The average Bonchev–Trinajstić information content (AvgIpc) is 3.65. The molecule has 2 aromatic carbocycles. The van der Waals surface area contributed by atoms with Gasteiger partial charge in [0.05, 0.1) is 37.3 Å². The lowest BCUT2D eigenvalue weighted by atomic mass is 9.99. The van der Waals surface area contributed by atoms with Crippen molar-refractivity contribution in [1.29, 1.82) is 0 Å². The molecule has 0 radical (unpaired) electrons. The summed E-state index contributed by atoms with van der Waals surface area (Å²) in [4.78, 5) is 45.6. The van der Waals surface area contributed by atoms with Gasteiger partial charge in [-0.05, 0) is 67.5 Å². The van der Waals surface area contributed by atoms with Crippen molar-refractivity contribution < 1.29 is 24.9 Å². The Bertz CT molecular complexity index is 1360. The molecule has 0 spiro atoms. The van der Waals surface area contributed by atoms with Gasteiger partial charge in [0.15, 0.2) is 0 Å². The largest absolute Gasteiger partial charge is 0.453 e. The Morgan fingerprint density at radius 2 is 1.97 bits per heavy atom. The van der Waals surface area contributed by atoms with Crippen molar-refractivity contribution in [3.8, 4) is 11.3 Å². The number of aromatic amines is 1. The Morgan fingerprint density at radius 3 is 2.74 bits per heavy atom. The van der Waals surface area contributed by atoms with Crippen LogP contribution >= 0.6 is 0 Å². The van der Waals surface area contributed by atoms with Gasteiger partial charge >= 0.3 is 6.09 Å². The fourth-order valence-electron chi connectivity index (χ4n) is 4.88. The number of hydrogen-bond donors (Lipinski definition) is 5. The zero-order valence-electron chi connectivity index (χ0n) is 21.4. The van der Waals surface area contributed by atoms with Crippen molar-refractivity contribution >= 4 is 29.3 Å². The number of H-pyrrole nitrogens is 1. The molecule has 2 aliphatic rings. The van der Waals surface area contributed by atoms with Gasteiger partial charge in [0, 0.05) is 28.8 Å². The summed E-state index contributed by atoms with van der Waals surface area (Å²) >= 11 is 0. The number of nitrogens with zero attached hydrogens (tertiary/aromatic N) is 1. The van der Waals surface area contributed by atoms with Gasteiger partial charge in [-0.2, -0.15) is 0 Å². The predicted octanol–water partition coefficient (Wildman–Crippen LogP) is 3.86. The molecule has 5 rings (SSSR count). The van der Waals surface area contributed by atoms with E-state index in [2.05, 4.69) is 36.4 Å². The highest BCUT2D eigenvalue weighted by atomic mass is 16.5. The number of anilines is 2.